The van der Waals surface area contributed by atoms with Gasteiger partial charge in [0.05, 0.1) is 11.3 Å². The number of hydrogen-bond donors (Lipinski definition) is 2. The molecule has 0 heterocycles. The van der Waals surface area contributed by atoms with E-state index < -0.39 is 0 Å². The number of primary amides is 1. The molecule has 2 aromatic rings. The van der Waals surface area contributed by atoms with E-state index in [1.54, 1.807) is 18.2 Å². The minimum absolute atomic E-state index is 0.200. The van der Waals surface area contributed by atoms with Crippen LogP contribution in [0.25, 0.3) is 0 Å². The number of rotatable bonds is 6. The standard InChI is InChI=1S/C16H14ClIN2O2S/c17-10-5-6-11(12(18)9-10)16(22)20-13-3-1-2-4-14(13)23-8-7-15(19)21/h1-6,9H,7-8H2,(H2,19,21)(H,20,22). The first kappa shape index (κ1) is 18.1. The molecule has 4 nitrogen and oxygen atoms in total. The van der Waals surface area contributed by atoms with Gasteiger partial charge in [-0.3, -0.25) is 9.59 Å². The lowest BCUT2D eigenvalue weighted by Crippen LogP contribution is -2.14. The highest BCUT2D eigenvalue weighted by Crippen LogP contribution is 2.28. The van der Waals surface area contributed by atoms with Gasteiger partial charge in [0.15, 0.2) is 0 Å². The Morgan fingerprint density at radius 1 is 1.22 bits per heavy atom. The maximum atomic E-state index is 12.4. The number of nitrogens with one attached hydrogen (secondary N) is 1. The topological polar surface area (TPSA) is 72.2 Å². The van der Waals surface area contributed by atoms with E-state index in [2.05, 4.69) is 27.9 Å². The van der Waals surface area contributed by atoms with E-state index in [0.717, 1.165) is 8.47 Å². The Morgan fingerprint density at radius 3 is 2.65 bits per heavy atom. The molecule has 120 valence electrons. The van der Waals surface area contributed by atoms with Crippen molar-refractivity contribution in [2.24, 2.45) is 5.73 Å². The monoisotopic (exact) mass is 460 g/mol. The molecular weight excluding hydrogens is 447 g/mol. The lowest BCUT2D eigenvalue weighted by atomic mass is 10.2. The maximum Gasteiger partial charge on any atom is 0.256 e. The first-order valence-corrected chi connectivity index (χ1v) is 9.18. The number of thioether (sulfide) groups is 1. The molecule has 0 radical (unpaired) electrons. The molecule has 23 heavy (non-hydrogen) atoms. The molecule has 2 aromatic carbocycles. The summed E-state index contributed by atoms with van der Waals surface area (Å²) in [5.41, 5.74) is 6.41. The molecule has 0 aliphatic carbocycles. The highest BCUT2D eigenvalue weighted by Gasteiger charge is 2.12. The van der Waals surface area contributed by atoms with Crippen molar-refractivity contribution in [3.05, 3.63) is 56.6 Å². The van der Waals surface area contributed by atoms with Crippen molar-refractivity contribution in [3.8, 4) is 0 Å². The Labute approximate surface area is 157 Å². The largest absolute Gasteiger partial charge is 0.370 e. The summed E-state index contributed by atoms with van der Waals surface area (Å²) in [5, 5.41) is 3.49. The summed E-state index contributed by atoms with van der Waals surface area (Å²) in [7, 11) is 0. The zero-order valence-electron chi connectivity index (χ0n) is 12.0. The van der Waals surface area contributed by atoms with Crippen LogP contribution in [0.2, 0.25) is 5.02 Å². The average Bonchev–Trinajstić information content (AvgIpc) is 2.48. The van der Waals surface area contributed by atoms with E-state index in [0.29, 0.717) is 28.4 Å². The third-order valence-corrected chi connectivity index (χ3v) is 5.12. The minimum atomic E-state index is -0.338. The van der Waals surface area contributed by atoms with Crippen LogP contribution in [0.3, 0.4) is 0 Å². The van der Waals surface area contributed by atoms with Crippen molar-refractivity contribution in [2.45, 2.75) is 11.3 Å². The van der Waals surface area contributed by atoms with Crippen molar-refractivity contribution >= 4 is 63.5 Å². The second kappa shape index (κ2) is 8.56. The molecular formula is C16H14ClIN2O2S. The number of para-hydroxylation sites is 1. The van der Waals surface area contributed by atoms with Gasteiger partial charge in [0.2, 0.25) is 5.91 Å². The number of carbonyl (C=O) groups is 2. The molecule has 0 fully saturated rings. The molecule has 2 rings (SSSR count). The minimum Gasteiger partial charge on any atom is -0.370 e. The lowest BCUT2D eigenvalue weighted by molar-refractivity contribution is -0.117. The molecule has 0 atom stereocenters. The van der Waals surface area contributed by atoms with Crippen LogP contribution in [0.1, 0.15) is 16.8 Å². The van der Waals surface area contributed by atoms with Crippen molar-refractivity contribution in [2.75, 3.05) is 11.1 Å². The number of halogens is 2. The zero-order chi connectivity index (χ0) is 16.8. The first-order chi connectivity index (χ1) is 11.0. The highest BCUT2D eigenvalue weighted by molar-refractivity contribution is 14.1. The quantitative estimate of drug-likeness (QED) is 0.502. The van der Waals surface area contributed by atoms with Crippen molar-refractivity contribution in [3.63, 3.8) is 0 Å². The van der Waals surface area contributed by atoms with Gasteiger partial charge >= 0.3 is 0 Å². The van der Waals surface area contributed by atoms with Gasteiger partial charge in [-0.15, -0.1) is 11.8 Å². The number of hydrogen-bond acceptors (Lipinski definition) is 3. The SMILES string of the molecule is NC(=O)CCSc1ccccc1NC(=O)c1ccc(Cl)cc1I. The third kappa shape index (κ3) is 5.40. The van der Waals surface area contributed by atoms with Crippen LogP contribution in [0, 0.1) is 3.57 Å². The highest BCUT2D eigenvalue weighted by atomic mass is 127. The molecule has 0 saturated heterocycles. The number of anilines is 1. The summed E-state index contributed by atoms with van der Waals surface area (Å²) in [6, 6.07) is 12.6. The van der Waals surface area contributed by atoms with Crippen LogP contribution in [-0.4, -0.2) is 17.6 Å². The Bertz CT molecular complexity index is 740. The summed E-state index contributed by atoms with van der Waals surface area (Å²) in [6.07, 6.45) is 0.294. The number of amides is 2. The third-order valence-electron chi connectivity index (χ3n) is 2.92. The van der Waals surface area contributed by atoms with Gasteiger partial charge < -0.3 is 11.1 Å². The predicted molar refractivity (Wildman–Crippen MR) is 103 cm³/mol. The van der Waals surface area contributed by atoms with E-state index in [1.807, 2.05) is 24.3 Å². The van der Waals surface area contributed by atoms with E-state index in [-0.39, 0.29) is 11.8 Å². The normalized spacial score (nSPS) is 10.3. The molecule has 0 aliphatic rings. The summed E-state index contributed by atoms with van der Waals surface area (Å²) < 4.78 is 0.784. The van der Waals surface area contributed by atoms with E-state index in [4.69, 9.17) is 17.3 Å². The lowest BCUT2D eigenvalue weighted by Gasteiger charge is -2.11. The predicted octanol–water partition coefficient (Wildman–Crippen LogP) is 4.16. The molecule has 0 unspecified atom stereocenters. The fourth-order valence-corrected chi connectivity index (χ4v) is 3.91. The van der Waals surface area contributed by atoms with Crippen LogP contribution < -0.4 is 11.1 Å². The number of carbonyl (C=O) groups excluding carboxylic acids is 2. The Kier molecular flexibility index (Phi) is 6.73. The summed E-state index contributed by atoms with van der Waals surface area (Å²) in [4.78, 5) is 24.2. The van der Waals surface area contributed by atoms with Gasteiger partial charge in [0.1, 0.15) is 0 Å². The first-order valence-electron chi connectivity index (χ1n) is 6.74. The zero-order valence-corrected chi connectivity index (χ0v) is 15.7. The van der Waals surface area contributed by atoms with E-state index >= 15 is 0 Å². The smallest absolute Gasteiger partial charge is 0.256 e. The van der Waals surface area contributed by atoms with Gasteiger partial charge in [0, 0.05) is 25.7 Å². The molecule has 0 spiro atoms. The fourth-order valence-electron chi connectivity index (χ4n) is 1.82. The number of benzene rings is 2. The van der Waals surface area contributed by atoms with Gasteiger partial charge in [-0.25, -0.2) is 0 Å². The summed E-state index contributed by atoms with van der Waals surface area (Å²) in [5.74, 6) is 0.0319. The Hall–Kier alpha value is -1.25. The van der Waals surface area contributed by atoms with Crippen molar-refractivity contribution < 1.29 is 9.59 Å². The van der Waals surface area contributed by atoms with Crippen molar-refractivity contribution in [1.82, 2.24) is 0 Å². The van der Waals surface area contributed by atoms with E-state index in [9.17, 15) is 9.59 Å². The Balaban J connectivity index is 2.13. The molecule has 3 N–H and O–H groups in total. The molecule has 7 heteroatoms. The Morgan fingerprint density at radius 2 is 1.96 bits per heavy atom. The second-order valence-electron chi connectivity index (χ2n) is 4.64. The van der Waals surface area contributed by atoms with Gasteiger partial charge in [-0.05, 0) is 52.9 Å². The van der Waals surface area contributed by atoms with Crippen LogP contribution in [0.5, 0.6) is 0 Å². The molecule has 0 aliphatic heterocycles. The second-order valence-corrected chi connectivity index (χ2v) is 7.37. The van der Waals surface area contributed by atoms with Crippen LogP contribution >= 0.6 is 46.0 Å². The maximum absolute atomic E-state index is 12.4. The fraction of sp³-hybridized carbons (Fsp3) is 0.125. The average molecular weight is 461 g/mol. The van der Waals surface area contributed by atoms with Gasteiger partial charge in [-0.1, -0.05) is 23.7 Å². The molecule has 2 amide bonds. The number of nitrogens with two attached hydrogens (primary N) is 1. The van der Waals surface area contributed by atoms with Crippen LogP contribution in [0.4, 0.5) is 5.69 Å². The summed E-state index contributed by atoms with van der Waals surface area (Å²) >= 11 is 9.47. The van der Waals surface area contributed by atoms with Gasteiger partial charge in [0.25, 0.3) is 5.91 Å². The molecule has 0 aromatic heterocycles. The van der Waals surface area contributed by atoms with Crippen molar-refractivity contribution in [1.29, 1.82) is 0 Å². The van der Waals surface area contributed by atoms with Gasteiger partial charge in [-0.2, -0.15) is 0 Å². The molecule has 0 bridgehead atoms. The van der Waals surface area contributed by atoms with E-state index in [1.165, 1.54) is 11.8 Å². The van der Waals surface area contributed by atoms with Crippen LogP contribution in [0.15, 0.2) is 47.4 Å². The summed E-state index contributed by atoms with van der Waals surface area (Å²) in [6.45, 7) is 0. The molecule has 0 saturated carbocycles. The van der Waals surface area contributed by atoms with Crippen LogP contribution in [-0.2, 0) is 4.79 Å².